The number of hydrogen-bond donors (Lipinski definition) is 2. The van der Waals surface area contributed by atoms with E-state index in [4.69, 9.17) is 10.2 Å². The van der Waals surface area contributed by atoms with Crippen molar-refractivity contribution in [3.63, 3.8) is 0 Å². The topological polar surface area (TPSA) is 97.7 Å². The average Bonchev–Trinajstić information content (AvgIpc) is 2.52. The maximum atomic E-state index is 10.2. The van der Waals surface area contributed by atoms with Gasteiger partial charge in [0.2, 0.25) is 0 Å². The molecular formula is C25H45NO5. The summed E-state index contributed by atoms with van der Waals surface area (Å²) in [4.78, 5) is 20.3. The van der Waals surface area contributed by atoms with E-state index < -0.39 is 11.9 Å². The lowest BCUT2D eigenvalue weighted by molar-refractivity contribution is -0.870. The highest BCUT2D eigenvalue weighted by atomic mass is 16.4. The van der Waals surface area contributed by atoms with E-state index in [1.54, 1.807) is 6.92 Å². The van der Waals surface area contributed by atoms with Crippen LogP contribution in [0.1, 0.15) is 67.2 Å². The minimum absolute atomic E-state index is 0.281. The zero-order valence-corrected chi connectivity index (χ0v) is 21.1. The van der Waals surface area contributed by atoms with E-state index in [2.05, 4.69) is 33.3 Å². The van der Waals surface area contributed by atoms with Crippen molar-refractivity contribution in [2.45, 2.75) is 67.2 Å². The number of allylic oxidation sites excluding steroid dienone is 6. The molecule has 0 unspecified atom stereocenters. The number of carbonyl (C=O) groups excluding carboxylic acids is 1. The molecule has 0 fully saturated rings. The molecule has 0 aliphatic rings. The van der Waals surface area contributed by atoms with Gasteiger partial charge in [0.05, 0.1) is 33.7 Å². The van der Waals surface area contributed by atoms with Crippen molar-refractivity contribution in [1.82, 2.24) is 0 Å². The quantitative estimate of drug-likeness (QED) is 0.306. The van der Waals surface area contributed by atoms with Crippen molar-refractivity contribution in [2.75, 3.05) is 34.3 Å². The number of quaternary nitrogens is 1. The van der Waals surface area contributed by atoms with Crippen LogP contribution in [0.5, 0.6) is 0 Å². The second-order valence-electron chi connectivity index (χ2n) is 9.02. The summed E-state index contributed by atoms with van der Waals surface area (Å²) in [6, 6.07) is 0. The van der Waals surface area contributed by atoms with Crippen LogP contribution in [0, 0.1) is 0 Å². The van der Waals surface area contributed by atoms with Gasteiger partial charge in [0, 0.05) is 6.08 Å². The first-order chi connectivity index (χ1) is 14.1. The summed E-state index contributed by atoms with van der Waals surface area (Å²) in [5, 5.41) is 26.9. The van der Waals surface area contributed by atoms with Gasteiger partial charge >= 0.3 is 5.97 Å². The second kappa shape index (κ2) is 19.8. The predicted molar refractivity (Wildman–Crippen MR) is 127 cm³/mol. The summed E-state index contributed by atoms with van der Waals surface area (Å²) in [6.45, 7) is 12.9. The zero-order valence-electron chi connectivity index (χ0n) is 21.1. The third-order valence-electron chi connectivity index (χ3n) is 3.69. The van der Waals surface area contributed by atoms with Gasteiger partial charge in [-0.25, -0.2) is 4.79 Å². The van der Waals surface area contributed by atoms with Crippen molar-refractivity contribution < 1.29 is 29.4 Å². The minimum Gasteiger partial charge on any atom is -0.545 e. The Morgan fingerprint density at radius 3 is 1.42 bits per heavy atom. The lowest BCUT2D eigenvalue weighted by atomic mass is 10.1. The maximum absolute atomic E-state index is 10.2. The molecule has 0 aromatic carbocycles. The van der Waals surface area contributed by atoms with Gasteiger partial charge in [-0.15, -0.1) is 0 Å². The summed E-state index contributed by atoms with van der Waals surface area (Å²) in [7, 11) is 6.16. The summed E-state index contributed by atoms with van der Waals surface area (Å²) in [5.74, 6) is -1.96. The first-order valence-electron chi connectivity index (χ1n) is 10.6. The Labute approximate surface area is 189 Å². The van der Waals surface area contributed by atoms with E-state index >= 15 is 0 Å². The van der Waals surface area contributed by atoms with Crippen LogP contribution in [0.2, 0.25) is 0 Å². The molecule has 0 aliphatic heterocycles. The van der Waals surface area contributed by atoms with E-state index in [1.807, 2.05) is 34.6 Å². The number of nitrogens with zero attached hydrogens (tertiary/aromatic N) is 1. The van der Waals surface area contributed by atoms with Crippen LogP contribution in [0.3, 0.4) is 0 Å². The van der Waals surface area contributed by atoms with Crippen molar-refractivity contribution in [3.8, 4) is 0 Å². The molecule has 0 atom stereocenters. The van der Waals surface area contributed by atoms with Gasteiger partial charge in [0.15, 0.2) is 0 Å². The van der Waals surface area contributed by atoms with Crippen LogP contribution >= 0.6 is 0 Å². The second-order valence-corrected chi connectivity index (χ2v) is 9.02. The summed E-state index contributed by atoms with van der Waals surface area (Å²) in [5.41, 5.74) is 4.31. The number of aliphatic hydroxyl groups excluding tert-OH is 1. The number of likely N-dealkylation sites (N-methyl/N-ethyl adjacent to an activating group) is 1. The lowest BCUT2D eigenvalue weighted by Crippen LogP contribution is -2.36. The van der Waals surface area contributed by atoms with Crippen LogP contribution in [-0.4, -0.2) is 60.9 Å². The summed E-state index contributed by atoms with van der Waals surface area (Å²) >= 11 is 0. The molecule has 0 aromatic heterocycles. The van der Waals surface area contributed by atoms with Gasteiger partial charge in [0.25, 0.3) is 0 Å². The molecule has 2 N–H and O–H groups in total. The molecule has 0 radical (unpaired) electrons. The molecule has 0 saturated carbocycles. The minimum atomic E-state index is -1.11. The fraction of sp³-hybridized carbons (Fsp3) is 0.600. The molecule has 0 aliphatic carbocycles. The number of carbonyl (C=O) groups is 2. The number of aliphatic hydroxyl groups is 1. The van der Waals surface area contributed by atoms with E-state index in [0.29, 0.717) is 0 Å². The Morgan fingerprint density at radius 2 is 1.19 bits per heavy atom. The van der Waals surface area contributed by atoms with Gasteiger partial charge in [-0.3, -0.25) is 0 Å². The molecule has 0 aromatic rings. The molecule has 6 heteroatoms. The van der Waals surface area contributed by atoms with Gasteiger partial charge < -0.3 is 24.6 Å². The van der Waals surface area contributed by atoms with Gasteiger partial charge in [0.1, 0.15) is 6.54 Å². The predicted octanol–water partition coefficient (Wildman–Crippen LogP) is 3.88. The largest absolute Gasteiger partial charge is 0.545 e. The Bertz CT molecular complexity index is 579. The average molecular weight is 440 g/mol. The Balaban J connectivity index is -0.000000394. The third-order valence-corrected chi connectivity index (χ3v) is 3.69. The van der Waals surface area contributed by atoms with Crippen molar-refractivity contribution in [3.05, 3.63) is 46.6 Å². The van der Waals surface area contributed by atoms with Crippen LogP contribution in [-0.2, 0) is 9.59 Å². The zero-order chi connectivity index (χ0) is 25.0. The molecule has 180 valence electrons. The third kappa shape index (κ3) is 39.0. The normalized spacial score (nSPS) is 11.3. The van der Waals surface area contributed by atoms with Crippen LogP contribution < -0.4 is 5.11 Å². The van der Waals surface area contributed by atoms with Crippen molar-refractivity contribution >= 4 is 11.9 Å². The highest BCUT2D eigenvalue weighted by molar-refractivity contribution is 5.80. The molecule has 0 saturated heterocycles. The smallest absolute Gasteiger partial charge is 0.328 e. The van der Waals surface area contributed by atoms with Gasteiger partial charge in [-0.2, -0.15) is 0 Å². The highest BCUT2D eigenvalue weighted by Gasteiger charge is 2.02. The van der Waals surface area contributed by atoms with Crippen LogP contribution in [0.15, 0.2) is 46.6 Å². The SMILES string of the molecule is CC(C)=CCC/C(C)=C/C(=O)O.CC(C)=CCC/C(C)=C/C(=O)[O-].C[N+](C)(C)CCO. The number of carboxylic acids is 2. The van der Waals surface area contributed by atoms with E-state index in [9.17, 15) is 14.7 Å². The Kier molecular flexibility index (Phi) is 21.3. The first kappa shape index (κ1) is 33.5. The van der Waals surface area contributed by atoms with E-state index in [1.165, 1.54) is 17.2 Å². The van der Waals surface area contributed by atoms with E-state index in [-0.39, 0.29) is 6.61 Å². The summed E-state index contributed by atoms with van der Waals surface area (Å²) in [6.07, 6.45) is 10.1. The number of carboxylic acid groups (broad SMARTS) is 2. The number of hydrogen-bond acceptors (Lipinski definition) is 4. The lowest BCUT2D eigenvalue weighted by Gasteiger charge is -2.21. The molecule has 0 heterocycles. The summed E-state index contributed by atoms with van der Waals surface area (Å²) < 4.78 is 0.844. The highest BCUT2D eigenvalue weighted by Crippen LogP contribution is 2.06. The van der Waals surface area contributed by atoms with E-state index in [0.717, 1.165) is 53.9 Å². The number of rotatable bonds is 10. The standard InChI is InChI=1S/2C10H16O2.C5H14NO/c2*1-8(2)5-4-6-9(3)7-10(11)12;1-6(2,3)4-5-7/h2*5,7H,4,6H2,1-3H3,(H,11,12);7H,4-5H2,1-3H3/q;;+1/p-1/b2*9-7+;. The molecule has 31 heavy (non-hydrogen) atoms. The Morgan fingerprint density at radius 1 is 0.806 bits per heavy atom. The first-order valence-corrected chi connectivity index (χ1v) is 10.6. The fourth-order valence-electron chi connectivity index (χ4n) is 2.03. The fourth-order valence-corrected chi connectivity index (χ4v) is 2.03. The molecular weight excluding hydrogens is 394 g/mol. The molecule has 0 bridgehead atoms. The van der Waals surface area contributed by atoms with Crippen LogP contribution in [0.4, 0.5) is 0 Å². The molecule has 0 spiro atoms. The monoisotopic (exact) mass is 439 g/mol. The maximum Gasteiger partial charge on any atom is 0.328 e. The van der Waals surface area contributed by atoms with Crippen molar-refractivity contribution in [1.29, 1.82) is 0 Å². The van der Waals surface area contributed by atoms with Crippen LogP contribution in [0.25, 0.3) is 0 Å². The molecule has 0 amide bonds. The van der Waals surface area contributed by atoms with Gasteiger partial charge in [-0.1, -0.05) is 34.4 Å². The van der Waals surface area contributed by atoms with Crippen molar-refractivity contribution in [2.24, 2.45) is 0 Å². The Hall–Kier alpha value is -2.18. The molecule has 6 nitrogen and oxygen atoms in total. The molecule has 0 rings (SSSR count). The van der Waals surface area contributed by atoms with Gasteiger partial charge in [-0.05, 0) is 73.3 Å². The number of aliphatic carboxylic acids is 2.